The van der Waals surface area contributed by atoms with Crippen molar-refractivity contribution < 1.29 is 4.79 Å². The van der Waals surface area contributed by atoms with Crippen LogP contribution in [0.3, 0.4) is 0 Å². The van der Waals surface area contributed by atoms with Gasteiger partial charge in [0, 0.05) is 12.6 Å². The normalized spacial score (nSPS) is 12.8. The molecule has 0 aromatic carbocycles. The molecule has 100 valence electrons. The Hall–Kier alpha value is -1.20. The molecule has 0 fully saturated rings. The fourth-order valence-electron chi connectivity index (χ4n) is 1.75. The fourth-order valence-corrected chi connectivity index (χ4v) is 1.90. The molecule has 18 heavy (non-hydrogen) atoms. The van der Waals surface area contributed by atoms with E-state index in [-0.39, 0.29) is 22.8 Å². The first-order valence-electron chi connectivity index (χ1n) is 5.84. The number of nitrogens with zero attached hydrogens (tertiary/aromatic N) is 3. The quantitative estimate of drug-likeness (QED) is 0.880. The molecule has 6 heteroatoms. The van der Waals surface area contributed by atoms with E-state index in [1.54, 1.807) is 0 Å². The monoisotopic (exact) mass is 270 g/mol. The number of hydrogen-bond donors (Lipinski definition) is 1. The molecule has 0 saturated heterocycles. The van der Waals surface area contributed by atoms with Gasteiger partial charge in [0.05, 0.1) is 12.4 Å². The summed E-state index contributed by atoms with van der Waals surface area (Å²) < 4.78 is 0. The molecule has 0 aliphatic heterocycles. The third-order valence-electron chi connectivity index (χ3n) is 2.74. The Morgan fingerprint density at radius 2 is 2.11 bits per heavy atom. The molecule has 1 amide bonds. The molecule has 5 nitrogen and oxygen atoms in total. The van der Waals surface area contributed by atoms with Gasteiger partial charge in [0.1, 0.15) is 10.8 Å². The van der Waals surface area contributed by atoms with Crippen LogP contribution < -0.4 is 5.32 Å². The van der Waals surface area contributed by atoms with E-state index in [1.165, 1.54) is 12.4 Å². The minimum absolute atomic E-state index is 0.218. The summed E-state index contributed by atoms with van der Waals surface area (Å²) in [4.78, 5) is 21.7. The third-order valence-corrected chi connectivity index (χ3v) is 2.92. The summed E-state index contributed by atoms with van der Waals surface area (Å²) in [5, 5.41) is 3.07. The van der Waals surface area contributed by atoms with Crippen molar-refractivity contribution in [2.45, 2.75) is 19.9 Å². The first-order valence-corrected chi connectivity index (χ1v) is 6.21. The number of rotatable bonds is 5. The summed E-state index contributed by atoms with van der Waals surface area (Å²) in [5.74, 6) is 0.197. The van der Waals surface area contributed by atoms with Crippen molar-refractivity contribution in [1.29, 1.82) is 0 Å². The van der Waals surface area contributed by atoms with Crippen molar-refractivity contribution in [2.24, 2.45) is 5.92 Å². The highest BCUT2D eigenvalue weighted by Crippen LogP contribution is 2.07. The number of carbonyl (C=O) groups excluding carboxylic acids is 1. The van der Waals surface area contributed by atoms with Gasteiger partial charge in [-0.1, -0.05) is 25.4 Å². The van der Waals surface area contributed by atoms with Crippen molar-refractivity contribution >= 4 is 17.5 Å². The molecule has 0 bridgehead atoms. The highest BCUT2D eigenvalue weighted by atomic mass is 35.5. The summed E-state index contributed by atoms with van der Waals surface area (Å²) in [6.45, 7) is 4.81. The van der Waals surface area contributed by atoms with Crippen LogP contribution in [0.5, 0.6) is 0 Å². The van der Waals surface area contributed by atoms with E-state index in [9.17, 15) is 4.79 Å². The molecular formula is C12H19ClN4O. The molecule has 0 aliphatic rings. The van der Waals surface area contributed by atoms with Crippen LogP contribution in [0.4, 0.5) is 0 Å². The third kappa shape index (κ3) is 4.23. The van der Waals surface area contributed by atoms with Crippen molar-refractivity contribution in [3.05, 3.63) is 23.2 Å². The zero-order chi connectivity index (χ0) is 13.7. The Labute approximate surface area is 113 Å². The number of aromatic nitrogens is 2. The minimum Gasteiger partial charge on any atom is -0.349 e. The van der Waals surface area contributed by atoms with Gasteiger partial charge in [-0.3, -0.25) is 9.78 Å². The smallest absolute Gasteiger partial charge is 0.271 e. The van der Waals surface area contributed by atoms with E-state index in [1.807, 2.05) is 14.1 Å². The Bertz CT molecular complexity index is 401. The summed E-state index contributed by atoms with van der Waals surface area (Å²) in [5.41, 5.74) is 0.240. The second kappa shape index (κ2) is 6.66. The topological polar surface area (TPSA) is 58.1 Å². The summed E-state index contributed by atoms with van der Waals surface area (Å²) in [7, 11) is 3.99. The number of carbonyl (C=O) groups is 1. The number of likely N-dealkylation sites (N-methyl/N-ethyl adjacent to an activating group) is 1. The minimum atomic E-state index is -0.252. The SMILES string of the molecule is CC(C)C(CNC(=O)c1cncc(Cl)n1)N(C)C. The maximum absolute atomic E-state index is 11.9. The molecular weight excluding hydrogens is 252 g/mol. The van der Waals surface area contributed by atoms with E-state index in [0.29, 0.717) is 12.5 Å². The highest BCUT2D eigenvalue weighted by Gasteiger charge is 2.17. The Balaban J connectivity index is 2.60. The number of hydrogen-bond acceptors (Lipinski definition) is 4. The largest absolute Gasteiger partial charge is 0.349 e. The van der Waals surface area contributed by atoms with Gasteiger partial charge in [-0.15, -0.1) is 0 Å². The lowest BCUT2D eigenvalue weighted by atomic mass is 10.0. The van der Waals surface area contributed by atoms with Crippen LogP contribution in [0, 0.1) is 5.92 Å². The maximum atomic E-state index is 11.9. The lowest BCUT2D eigenvalue weighted by molar-refractivity contribution is 0.0929. The molecule has 1 atom stereocenters. The molecule has 1 heterocycles. The molecule has 1 aromatic rings. The van der Waals surface area contributed by atoms with E-state index in [0.717, 1.165) is 0 Å². The van der Waals surface area contributed by atoms with Gasteiger partial charge in [0.15, 0.2) is 0 Å². The van der Waals surface area contributed by atoms with E-state index < -0.39 is 0 Å². The number of nitrogens with one attached hydrogen (secondary N) is 1. The van der Waals surface area contributed by atoms with E-state index in [2.05, 4.69) is 34.0 Å². The fraction of sp³-hybridized carbons (Fsp3) is 0.583. The van der Waals surface area contributed by atoms with Crippen LogP contribution in [0.1, 0.15) is 24.3 Å². The second-order valence-corrected chi connectivity index (χ2v) is 5.10. The van der Waals surface area contributed by atoms with Gasteiger partial charge in [0.2, 0.25) is 0 Å². The lowest BCUT2D eigenvalue weighted by Crippen LogP contribution is -2.43. The first kappa shape index (κ1) is 14.9. The number of amides is 1. The van der Waals surface area contributed by atoms with Crippen LogP contribution in [-0.4, -0.2) is 47.5 Å². The molecule has 1 N–H and O–H groups in total. The molecule has 1 unspecified atom stereocenters. The molecule has 0 spiro atoms. The van der Waals surface area contributed by atoms with Gasteiger partial charge in [-0.2, -0.15) is 0 Å². The molecule has 0 radical (unpaired) electrons. The van der Waals surface area contributed by atoms with Crippen molar-refractivity contribution in [1.82, 2.24) is 20.2 Å². The van der Waals surface area contributed by atoms with Gasteiger partial charge < -0.3 is 10.2 Å². The predicted molar refractivity (Wildman–Crippen MR) is 71.7 cm³/mol. The zero-order valence-electron chi connectivity index (χ0n) is 11.1. The molecule has 0 saturated carbocycles. The summed E-state index contributed by atoms with van der Waals surface area (Å²) in [6, 6.07) is 0.279. The summed E-state index contributed by atoms with van der Waals surface area (Å²) in [6.07, 6.45) is 2.80. The Morgan fingerprint density at radius 1 is 1.44 bits per heavy atom. The van der Waals surface area contributed by atoms with E-state index >= 15 is 0 Å². The zero-order valence-corrected chi connectivity index (χ0v) is 11.9. The van der Waals surface area contributed by atoms with Crippen LogP contribution in [0.25, 0.3) is 0 Å². The molecule has 1 rings (SSSR count). The van der Waals surface area contributed by atoms with Crippen molar-refractivity contribution in [3.63, 3.8) is 0 Å². The Kier molecular flexibility index (Phi) is 5.50. The second-order valence-electron chi connectivity index (χ2n) is 4.71. The maximum Gasteiger partial charge on any atom is 0.271 e. The number of halogens is 1. The summed E-state index contributed by atoms with van der Waals surface area (Å²) >= 11 is 5.69. The predicted octanol–water partition coefficient (Wildman–Crippen LogP) is 1.45. The van der Waals surface area contributed by atoms with Gasteiger partial charge in [-0.25, -0.2) is 4.98 Å². The molecule has 0 aliphatic carbocycles. The van der Waals surface area contributed by atoms with Crippen LogP contribution >= 0.6 is 11.6 Å². The van der Waals surface area contributed by atoms with E-state index in [4.69, 9.17) is 11.6 Å². The van der Waals surface area contributed by atoms with Gasteiger partial charge >= 0.3 is 0 Å². The average molecular weight is 271 g/mol. The molecule has 1 aromatic heterocycles. The van der Waals surface area contributed by atoms with Crippen LogP contribution in [0.2, 0.25) is 5.15 Å². The highest BCUT2D eigenvalue weighted by molar-refractivity contribution is 6.29. The van der Waals surface area contributed by atoms with Gasteiger partial charge in [0.25, 0.3) is 5.91 Å². The van der Waals surface area contributed by atoms with Crippen molar-refractivity contribution in [3.8, 4) is 0 Å². The van der Waals surface area contributed by atoms with Crippen LogP contribution in [-0.2, 0) is 0 Å². The van der Waals surface area contributed by atoms with Crippen molar-refractivity contribution in [2.75, 3.05) is 20.6 Å². The Morgan fingerprint density at radius 3 is 2.61 bits per heavy atom. The van der Waals surface area contributed by atoms with Gasteiger partial charge in [-0.05, 0) is 20.0 Å². The lowest BCUT2D eigenvalue weighted by Gasteiger charge is -2.27. The first-order chi connectivity index (χ1) is 8.41. The van der Waals surface area contributed by atoms with Crippen LogP contribution in [0.15, 0.2) is 12.4 Å². The standard InChI is InChI=1S/C12H19ClN4O/c1-8(2)10(17(3)4)6-15-12(18)9-5-14-7-11(13)16-9/h5,7-8,10H,6H2,1-4H3,(H,15,18). The average Bonchev–Trinajstić information content (AvgIpc) is 2.28.